The molecule has 1 fully saturated rings. The number of aryl methyl sites for hydroxylation is 1. The number of carbonyl (C=O) groups is 1. The Hall–Kier alpha value is -2.54. The second-order valence-corrected chi connectivity index (χ2v) is 6.64. The van der Waals surface area contributed by atoms with Crippen LogP contribution in [0, 0.1) is 0 Å². The van der Waals surface area contributed by atoms with Gasteiger partial charge in [0.15, 0.2) is 0 Å². The van der Waals surface area contributed by atoms with E-state index in [9.17, 15) is 4.79 Å². The molecule has 2 amide bonds. The Morgan fingerprint density at radius 2 is 2.19 bits per heavy atom. The van der Waals surface area contributed by atoms with Crippen molar-refractivity contribution in [3.63, 3.8) is 0 Å². The Labute approximate surface area is 160 Å². The smallest absolute Gasteiger partial charge is 0.323 e. The lowest BCUT2D eigenvalue weighted by molar-refractivity contribution is 0.0838. The number of hydrogen-bond acceptors (Lipinski definition) is 4. The first-order valence-electron chi connectivity index (χ1n) is 9.52. The molecule has 0 aliphatic carbocycles. The van der Waals surface area contributed by atoms with E-state index >= 15 is 0 Å². The van der Waals surface area contributed by atoms with Crippen molar-refractivity contribution in [1.82, 2.24) is 14.7 Å². The predicted molar refractivity (Wildman–Crippen MR) is 104 cm³/mol. The molecule has 0 spiro atoms. The molecule has 1 atom stereocenters. The minimum Gasteiger partial charge on any atom is -0.497 e. The van der Waals surface area contributed by atoms with Gasteiger partial charge in [-0.3, -0.25) is 5.32 Å². The third-order valence-corrected chi connectivity index (χ3v) is 4.82. The van der Waals surface area contributed by atoms with E-state index in [2.05, 4.69) is 10.4 Å². The van der Waals surface area contributed by atoms with Crippen molar-refractivity contribution in [3.05, 3.63) is 42.1 Å². The molecule has 7 nitrogen and oxygen atoms in total. The highest BCUT2D eigenvalue weighted by molar-refractivity contribution is 5.88. The van der Waals surface area contributed by atoms with E-state index in [0.29, 0.717) is 25.5 Å². The quantitative estimate of drug-likeness (QED) is 0.773. The second-order valence-electron chi connectivity index (χ2n) is 6.64. The standard InChI is InChI=1S/C20H28N4O3/c1-3-24-19(10-12-21-24)22-20(25)23(15-18-5-4-14-27-18)13-11-16-6-8-17(26-2)9-7-16/h6-10,12,18H,3-5,11,13-15H2,1-2H3,(H,22,25). The molecule has 1 unspecified atom stereocenters. The minimum atomic E-state index is -0.116. The van der Waals surface area contributed by atoms with Crippen LogP contribution < -0.4 is 10.1 Å². The van der Waals surface area contributed by atoms with E-state index < -0.39 is 0 Å². The molecule has 1 N–H and O–H groups in total. The Kier molecular flexibility index (Phi) is 6.70. The number of hydrogen-bond donors (Lipinski definition) is 1. The molecule has 146 valence electrons. The number of aromatic nitrogens is 2. The first kappa shape index (κ1) is 19.2. The Balaban J connectivity index is 1.64. The van der Waals surface area contributed by atoms with Gasteiger partial charge in [-0.2, -0.15) is 5.10 Å². The summed E-state index contributed by atoms with van der Waals surface area (Å²) in [6.07, 6.45) is 4.64. The molecule has 0 saturated carbocycles. The summed E-state index contributed by atoms with van der Waals surface area (Å²) in [5.74, 6) is 1.55. The molecule has 7 heteroatoms. The fraction of sp³-hybridized carbons (Fsp3) is 0.500. The van der Waals surface area contributed by atoms with Gasteiger partial charge in [0.05, 0.1) is 19.4 Å². The molecule has 27 heavy (non-hydrogen) atoms. The van der Waals surface area contributed by atoms with Crippen LogP contribution >= 0.6 is 0 Å². The van der Waals surface area contributed by atoms with Crippen LogP contribution in [0.4, 0.5) is 10.6 Å². The highest BCUT2D eigenvalue weighted by Crippen LogP contribution is 2.16. The fourth-order valence-electron chi connectivity index (χ4n) is 3.25. The van der Waals surface area contributed by atoms with Crippen molar-refractivity contribution < 1.29 is 14.3 Å². The highest BCUT2D eigenvalue weighted by Gasteiger charge is 2.23. The number of amides is 2. The van der Waals surface area contributed by atoms with Gasteiger partial charge in [-0.05, 0) is 43.9 Å². The summed E-state index contributed by atoms with van der Waals surface area (Å²) in [6.45, 7) is 4.71. The van der Waals surface area contributed by atoms with Crippen molar-refractivity contribution in [3.8, 4) is 5.75 Å². The third-order valence-electron chi connectivity index (χ3n) is 4.82. The normalized spacial score (nSPS) is 16.3. The minimum absolute atomic E-state index is 0.114. The molecule has 1 aromatic carbocycles. The molecule has 1 aromatic heterocycles. The maximum absolute atomic E-state index is 12.9. The number of urea groups is 1. The van der Waals surface area contributed by atoms with Gasteiger partial charge in [0, 0.05) is 32.3 Å². The number of carbonyl (C=O) groups excluding carboxylic acids is 1. The van der Waals surface area contributed by atoms with Gasteiger partial charge in [0.2, 0.25) is 0 Å². The predicted octanol–water partition coefficient (Wildman–Crippen LogP) is 3.17. The summed E-state index contributed by atoms with van der Waals surface area (Å²) in [7, 11) is 1.66. The monoisotopic (exact) mass is 372 g/mol. The maximum Gasteiger partial charge on any atom is 0.323 e. The molecular weight excluding hydrogens is 344 g/mol. The average molecular weight is 372 g/mol. The van der Waals surface area contributed by atoms with Gasteiger partial charge in [0.1, 0.15) is 11.6 Å². The largest absolute Gasteiger partial charge is 0.497 e. The van der Waals surface area contributed by atoms with E-state index in [1.807, 2.05) is 42.2 Å². The molecule has 2 heterocycles. The van der Waals surface area contributed by atoms with Crippen molar-refractivity contribution in [2.75, 3.05) is 32.1 Å². The van der Waals surface area contributed by atoms with Crippen LogP contribution in [0.15, 0.2) is 36.5 Å². The van der Waals surface area contributed by atoms with E-state index in [1.165, 1.54) is 5.56 Å². The zero-order valence-corrected chi connectivity index (χ0v) is 16.1. The van der Waals surface area contributed by atoms with E-state index in [1.54, 1.807) is 18.0 Å². The number of ether oxygens (including phenoxy) is 2. The molecular formula is C20H28N4O3. The number of nitrogens with one attached hydrogen (secondary N) is 1. The highest BCUT2D eigenvalue weighted by atomic mass is 16.5. The van der Waals surface area contributed by atoms with Crippen LogP contribution in [0.5, 0.6) is 5.75 Å². The number of benzene rings is 1. The van der Waals surface area contributed by atoms with Crippen molar-refractivity contribution in [1.29, 1.82) is 0 Å². The molecule has 2 aromatic rings. The number of rotatable bonds is 8. The zero-order valence-electron chi connectivity index (χ0n) is 16.1. The van der Waals surface area contributed by atoms with Crippen LogP contribution in [0.2, 0.25) is 0 Å². The molecule has 1 aliphatic rings. The summed E-state index contributed by atoms with van der Waals surface area (Å²) in [5, 5.41) is 7.19. The SMILES string of the molecule is CCn1nccc1NC(=O)N(CCc1ccc(OC)cc1)CC1CCCO1. The van der Waals surface area contributed by atoms with Crippen molar-refractivity contribution in [2.24, 2.45) is 0 Å². The van der Waals surface area contributed by atoms with E-state index in [0.717, 1.165) is 31.6 Å². The summed E-state index contributed by atoms with van der Waals surface area (Å²) in [5.41, 5.74) is 1.17. The second kappa shape index (κ2) is 9.41. The topological polar surface area (TPSA) is 68.6 Å². The van der Waals surface area contributed by atoms with Crippen molar-refractivity contribution >= 4 is 11.8 Å². The Morgan fingerprint density at radius 1 is 1.37 bits per heavy atom. The zero-order chi connectivity index (χ0) is 19.1. The van der Waals surface area contributed by atoms with Crippen LogP contribution in [-0.2, 0) is 17.7 Å². The van der Waals surface area contributed by atoms with E-state index in [-0.39, 0.29) is 12.1 Å². The van der Waals surface area contributed by atoms with Crippen LogP contribution in [0.1, 0.15) is 25.3 Å². The fourth-order valence-corrected chi connectivity index (χ4v) is 3.25. The van der Waals surface area contributed by atoms with Crippen LogP contribution in [0.3, 0.4) is 0 Å². The molecule has 0 radical (unpaired) electrons. The average Bonchev–Trinajstić information content (AvgIpc) is 3.37. The Morgan fingerprint density at radius 3 is 2.85 bits per heavy atom. The lowest BCUT2D eigenvalue weighted by Gasteiger charge is -2.26. The summed E-state index contributed by atoms with van der Waals surface area (Å²) >= 11 is 0. The van der Waals surface area contributed by atoms with Crippen molar-refractivity contribution in [2.45, 2.75) is 38.8 Å². The summed E-state index contributed by atoms with van der Waals surface area (Å²) < 4.78 is 12.7. The summed E-state index contributed by atoms with van der Waals surface area (Å²) in [4.78, 5) is 14.7. The van der Waals surface area contributed by atoms with E-state index in [4.69, 9.17) is 9.47 Å². The molecule has 0 bridgehead atoms. The molecule has 1 aliphatic heterocycles. The van der Waals surface area contributed by atoms with Gasteiger partial charge in [-0.25, -0.2) is 9.48 Å². The molecule has 1 saturated heterocycles. The van der Waals surface area contributed by atoms with Crippen LogP contribution in [-0.4, -0.2) is 53.6 Å². The first-order chi connectivity index (χ1) is 13.2. The number of nitrogens with zero attached hydrogens (tertiary/aromatic N) is 3. The summed E-state index contributed by atoms with van der Waals surface area (Å²) in [6, 6.07) is 9.66. The lowest BCUT2D eigenvalue weighted by Crippen LogP contribution is -2.41. The van der Waals surface area contributed by atoms with Gasteiger partial charge in [0.25, 0.3) is 0 Å². The lowest BCUT2D eigenvalue weighted by atomic mass is 10.1. The first-order valence-corrected chi connectivity index (χ1v) is 9.52. The maximum atomic E-state index is 12.9. The van der Waals surface area contributed by atoms with Gasteiger partial charge in [-0.1, -0.05) is 12.1 Å². The molecule has 3 rings (SSSR count). The van der Waals surface area contributed by atoms with Gasteiger partial charge < -0.3 is 14.4 Å². The van der Waals surface area contributed by atoms with Gasteiger partial charge in [-0.15, -0.1) is 0 Å². The number of anilines is 1. The van der Waals surface area contributed by atoms with Gasteiger partial charge >= 0.3 is 6.03 Å². The third kappa shape index (κ3) is 5.23. The van der Waals surface area contributed by atoms with Crippen LogP contribution in [0.25, 0.3) is 0 Å². The Bertz CT molecular complexity index is 723. The number of methoxy groups -OCH3 is 1.